The first kappa shape index (κ1) is 15.0. The van der Waals surface area contributed by atoms with E-state index in [9.17, 15) is 9.59 Å². The molecule has 5 heteroatoms. The molecule has 0 unspecified atom stereocenters. The van der Waals surface area contributed by atoms with Crippen LogP contribution in [0.2, 0.25) is 0 Å². The van der Waals surface area contributed by atoms with Crippen LogP contribution in [0.1, 0.15) is 29.8 Å². The monoisotopic (exact) mass is 266 g/mol. The zero-order chi connectivity index (χ0) is 14.4. The molecule has 0 aromatic heterocycles. The number of benzene rings is 1. The molecule has 0 aliphatic carbocycles. The smallest absolute Gasteiger partial charge is 0.335 e. The molecule has 0 radical (unpaired) electrons. The number of aromatic carboxylic acids is 1. The average molecular weight is 266 g/mol. The van der Waals surface area contributed by atoms with Crippen molar-refractivity contribution in [3.8, 4) is 5.75 Å². The van der Waals surface area contributed by atoms with Crippen molar-refractivity contribution in [3.63, 3.8) is 0 Å². The van der Waals surface area contributed by atoms with Gasteiger partial charge in [0.1, 0.15) is 5.75 Å². The van der Waals surface area contributed by atoms with E-state index in [0.29, 0.717) is 23.8 Å². The van der Waals surface area contributed by atoms with E-state index in [1.807, 2.05) is 13.8 Å². The number of hydrogen-bond acceptors (Lipinski definition) is 4. The molecule has 1 rings (SSSR count). The molecular weight excluding hydrogens is 248 g/mol. The van der Waals surface area contributed by atoms with Crippen molar-refractivity contribution in [3.05, 3.63) is 29.3 Å². The zero-order valence-electron chi connectivity index (χ0n) is 11.3. The normalized spacial score (nSPS) is 10.3. The summed E-state index contributed by atoms with van der Waals surface area (Å²) in [6, 6.07) is 4.47. The zero-order valence-corrected chi connectivity index (χ0v) is 11.3. The molecule has 5 nitrogen and oxygen atoms in total. The summed E-state index contributed by atoms with van der Waals surface area (Å²) in [6.07, 6.45) is -0.00888. The summed E-state index contributed by atoms with van der Waals surface area (Å²) in [6.45, 7) is 4.51. The van der Waals surface area contributed by atoms with Crippen molar-refractivity contribution >= 4 is 11.9 Å². The third-order valence-corrected chi connectivity index (χ3v) is 2.44. The van der Waals surface area contributed by atoms with E-state index in [4.69, 9.17) is 9.84 Å². The summed E-state index contributed by atoms with van der Waals surface area (Å²) in [4.78, 5) is 22.3. The molecule has 0 saturated carbocycles. The van der Waals surface area contributed by atoms with Gasteiger partial charge in [0.25, 0.3) is 0 Å². The minimum atomic E-state index is -1.04. The number of carbonyl (C=O) groups is 2. The van der Waals surface area contributed by atoms with E-state index in [2.05, 4.69) is 4.74 Å². The first-order chi connectivity index (χ1) is 8.93. The Bertz CT molecular complexity index is 465. The molecule has 1 aromatic carbocycles. The first-order valence-electron chi connectivity index (χ1n) is 6.00. The predicted octanol–water partition coefficient (Wildman–Crippen LogP) is 2.14. The maximum atomic E-state index is 11.3. The molecule has 1 N–H and O–H groups in total. The molecule has 104 valence electrons. The van der Waals surface area contributed by atoms with Gasteiger partial charge in [-0.05, 0) is 24.1 Å². The van der Waals surface area contributed by atoms with Crippen LogP contribution in [0.25, 0.3) is 0 Å². The van der Waals surface area contributed by atoms with E-state index in [-0.39, 0.29) is 12.0 Å². The van der Waals surface area contributed by atoms with Crippen LogP contribution >= 0.6 is 0 Å². The van der Waals surface area contributed by atoms with Gasteiger partial charge >= 0.3 is 11.9 Å². The highest BCUT2D eigenvalue weighted by Gasteiger charge is 2.13. The third kappa shape index (κ3) is 4.62. The Hall–Kier alpha value is -2.04. The second-order valence-corrected chi connectivity index (χ2v) is 4.59. The van der Waals surface area contributed by atoms with Crippen LogP contribution < -0.4 is 4.74 Å². The number of carboxylic acid groups (broad SMARTS) is 1. The van der Waals surface area contributed by atoms with Gasteiger partial charge in [0, 0.05) is 5.56 Å². The lowest BCUT2D eigenvalue weighted by Gasteiger charge is -2.13. The Morgan fingerprint density at radius 3 is 2.53 bits per heavy atom. The van der Waals surface area contributed by atoms with Crippen LogP contribution in [0.3, 0.4) is 0 Å². The maximum absolute atomic E-state index is 11.3. The van der Waals surface area contributed by atoms with Crippen LogP contribution in [0.15, 0.2) is 18.2 Å². The van der Waals surface area contributed by atoms with E-state index in [0.717, 1.165) is 0 Å². The van der Waals surface area contributed by atoms with Crippen LogP contribution in [0.5, 0.6) is 5.75 Å². The molecule has 0 amide bonds. The summed E-state index contributed by atoms with van der Waals surface area (Å²) >= 11 is 0. The molecule has 0 bridgehead atoms. The van der Waals surface area contributed by atoms with Gasteiger partial charge in [0.05, 0.1) is 25.7 Å². The standard InChI is InChI=1S/C14H18O5/c1-9(2)8-19-12-5-4-10(14(16)17)6-11(12)7-13(15)18-3/h4-6,9H,7-8H2,1-3H3,(H,16,17). The van der Waals surface area contributed by atoms with Gasteiger partial charge in [-0.25, -0.2) is 4.79 Å². The Morgan fingerprint density at radius 2 is 2.00 bits per heavy atom. The number of hydrogen-bond donors (Lipinski definition) is 1. The predicted molar refractivity (Wildman–Crippen MR) is 69.5 cm³/mol. The Labute approximate surface area is 112 Å². The fourth-order valence-electron chi connectivity index (χ4n) is 1.48. The van der Waals surface area contributed by atoms with Crippen LogP contribution in [0, 0.1) is 5.92 Å². The highest BCUT2D eigenvalue weighted by Crippen LogP contribution is 2.22. The van der Waals surface area contributed by atoms with E-state index in [1.54, 1.807) is 6.07 Å². The molecule has 0 heterocycles. The second-order valence-electron chi connectivity index (χ2n) is 4.59. The number of ether oxygens (including phenoxy) is 2. The minimum absolute atomic E-state index is 0.00888. The fraction of sp³-hybridized carbons (Fsp3) is 0.429. The third-order valence-electron chi connectivity index (χ3n) is 2.44. The lowest BCUT2D eigenvalue weighted by Crippen LogP contribution is -2.11. The average Bonchev–Trinajstić information content (AvgIpc) is 2.36. The van der Waals surface area contributed by atoms with Crippen LogP contribution in [0.4, 0.5) is 0 Å². The number of rotatable bonds is 6. The van der Waals surface area contributed by atoms with Gasteiger partial charge in [-0.1, -0.05) is 13.8 Å². The summed E-state index contributed by atoms with van der Waals surface area (Å²) in [5, 5.41) is 8.95. The molecule has 0 aliphatic rings. The molecule has 0 atom stereocenters. The number of carboxylic acids is 1. The van der Waals surface area contributed by atoms with Crippen LogP contribution in [-0.2, 0) is 16.0 Å². The van der Waals surface area contributed by atoms with Gasteiger partial charge in [0.15, 0.2) is 0 Å². The molecule has 0 saturated heterocycles. The van der Waals surface area contributed by atoms with Crippen molar-refractivity contribution < 1.29 is 24.2 Å². The van der Waals surface area contributed by atoms with Gasteiger partial charge < -0.3 is 14.6 Å². The van der Waals surface area contributed by atoms with Gasteiger partial charge in [-0.15, -0.1) is 0 Å². The Balaban J connectivity index is 3.00. The first-order valence-corrected chi connectivity index (χ1v) is 6.00. The highest BCUT2D eigenvalue weighted by molar-refractivity contribution is 5.88. The summed E-state index contributed by atoms with van der Waals surface area (Å²) in [5.74, 6) is -0.618. The molecule has 19 heavy (non-hydrogen) atoms. The Kier molecular flexibility index (Phi) is 5.36. The Morgan fingerprint density at radius 1 is 1.32 bits per heavy atom. The number of methoxy groups -OCH3 is 1. The quantitative estimate of drug-likeness (QED) is 0.798. The maximum Gasteiger partial charge on any atom is 0.335 e. The number of esters is 1. The summed E-state index contributed by atoms with van der Waals surface area (Å²) in [5.41, 5.74) is 0.642. The molecular formula is C14H18O5. The van der Waals surface area contributed by atoms with E-state index >= 15 is 0 Å². The second kappa shape index (κ2) is 6.78. The van der Waals surface area contributed by atoms with Crippen molar-refractivity contribution in [1.82, 2.24) is 0 Å². The lowest BCUT2D eigenvalue weighted by molar-refractivity contribution is -0.139. The molecule has 0 spiro atoms. The topological polar surface area (TPSA) is 72.8 Å². The summed E-state index contributed by atoms with van der Waals surface area (Å²) < 4.78 is 10.2. The van der Waals surface area contributed by atoms with Crippen LogP contribution in [-0.4, -0.2) is 30.8 Å². The lowest BCUT2D eigenvalue weighted by atomic mass is 10.1. The van der Waals surface area contributed by atoms with Gasteiger partial charge in [-0.3, -0.25) is 4.79 Å². The van der Waals surface area contributed by atoms with Crippen molar-refractivity contribution in [1.29, 1.82) is 0 Å². The van der Waals surface area contributed by atoms with Gasteiger partial charge in [0.2, 0.25) is 0 Å². The molecule has 1 aromatic rings. The van der Waals surface area contributed by atoms with Crippen molar-refractivity contribution in [2.75, 3.05) is 13.7 Å². The van der Waals surface area contributed by atoms with Crippen molar-refractivity contribution in [2.45, 2.75) is 20.3 Å². The van der Waals surface area contributed by atoms with Gasteiger partial charge in [-0.2, -0.15) is 0 Å². The SMILES string of the molecule is COC(=O)Cc1cc(C(=O)O)ccc1OCC(C)C. The fourth-order valence-corrected chi connectivity index (χ4v) is 1.48. The molecule has 0 aliphatic heterocycles. The largest absolute Gasteiger partial charge is 0.493 e. The van der Waals surface area contributed by atoms with E-state index < -0.39 is 11.9 Å². The van der Waals surface area contributed by atoms with E-state index in [1.165, 1.54) is 19.2 Å². The highest BCUT2D eigenvalue weighted by atomic mass is 16.5. The number of carbonyl (C=O) groups excluding carboxylic acids is 1. The van der Waals surface area contributed by atoms with Crippen molar-refractivity contribution in [2.24, 2.45) is 5.92 Å². The summed E-state index contributed by atoms with van der Waals surface area (Å²) in [7, 11) is 1.29. The minimum Gasteiger partial charge on any atom is -0.493 e. The molecule has 0 fully saturated rings.